The van der Waals surface area contributed by atoms with Gasteiger partial charge in [0.05, 0.1) is 16.7 Å². The smallest absolute Gasteiger partial charge is 0.339 e. The van der Waals surface area contributed by atoms with Crippen LogP contribution in [0.5, 0.6) is 0 Å². The lowest BCUT2D eigenvalue weighted by Gasteiger charge is -2.25. The van der Waals surface area contributed by atoms with Gasteiger partial charge in [0.2, 0.25) is 5.78 Å². The van der Waals surface area contributed by atoms with Crippen molar-refractivity contribution >= 4 is 17.7 Å². The Morgan fingerprint density at radius 3 is 2.55 bits per heavy atom. The SMILES string of the molecule is O=C(OCC(=O)c1cc(F)ccc1F)c1ccc2c(c1)CC(c1ccccc1)OC2=O. The Morgan fingerprint density at radius 1 is 1.00 bits per heavy atom. The van der Waals surface area contributed by atoms with Crippen molar-refractivity contribution in [2.24, 2.45) is 0 Å². The van der Waals surface area contributed by atoms with Gasteiger partial charge in [0.1, 0.15) is 17.7 Å². The molecule has 0 aliphatic carbocycles. The molecule has 0 radical (unpaired) electrons. The second-order valence-electron chi connectivity index (χ2n) is 7.00. The summed E-state index contributed by atoms with van der Waals surface area (Å²) in [5, 5.41) is 0. The van der Waals surface area contributed by atoms with Gasteiger partial charge in [-0.25, -0.2) is 18.4 Å². The van der Waals surface area contributed by atoms with E-state index in [1.807, 2.05) is 30.3 Å². The first-order chi connectivity index (χ1) is 14.9. The predicted octanol–water partition coefficient (Wildman–Crippen LogP) is 4.46. The van der Waals surface area contributed by atoms with Crippen molar-refractivity contribution < 1.29 is 32.6 Å². The number of carbonyl (C=O) groups excluding carboxylic acids is 3. The molecule has 31 heavy (non-hydrogen) atoms. The average molecular weight is 422 g/mol. The van der Waals surface area contributed by atoms with Crippen molar-refractivity contribution in [1.82, 2.24) is 0 Å². The average Bonchev–Trinajstić information content (AvgIpc) is 2.79. The van der Waals surface area contributed by atoms with Crippen LogP contribution in [0.15, 0.2) is 66.7 Å². The summed E-state index contributed by atoms with van der Waals surface area (Å²) < 4.78 is 37.4. The van der Waals surface area contributed by atoms with Crippen LogP contribution < -0.4 is 0 Å². The summed E-state index contributed by atoms with van der Waals surface area (Å²) in [6, 6.07) is 16.1. The molecule has 0 saturated carbocycles. The van der Waals surface area contributed by atoms with E-state index in [9.17, 15) is 23.2 Å². The summed E-state index contributed by atoms with van der Waals surface area (Å²) in [6.07, 6.45) is -0.107. The molecule has 3 aromatic rings. The Morgan fingerprint density at radius 2 is 1.77 bits per heavy atom. The minimum absolute atomic E-state index is 0.132. The van der Waals surface area contributed by atoms with E-state index >= 15 is 0 Å². The van der Waals surface area contributed by atoms with Crippen LogP contribution in [0, 0.1) is 11.6 Å². The van der Waals surface area contributed by atoms with E-state index in [0.717, 1.165) is 23.8 Å². The number of hydrogen-bond donors (Lipinski definition) is 0. The van der Waals surface area contributed by atoms with Gasteiger partial charge in [-0.05, 0) is 47.5 Å². The fourth-order valence-corrected chi connectivity index (χ4v) is 3.38. The van der Waals surface area contributed by atoms with Gasteiger partial charge in [-0.1, -0.05) is 30.3 Å². The molecular weight excluding hydrogens is 406 g/mol. The van der Waals surface area contributed by atoms with E-state index in [-0.39, 0.29) is 5.56 Å². The number of Topliss-reactive ketones (excluding diaryl/α,β-unsaturated/α-hetero) is 1. The molecule has 0 saturated heterocycles. The number of hydrogen-bond acceptors (Lipinski definition) is 5. The lowest BCUT2D eigenvalue weighted by Crippen LogP contribution is -2.22. The third kappa shape index (κ3) is 4.35. The molecule has 1 aliphatic rings. The van der Waals surface area contributed by atoms with E-state index in [2.05, 4.69) is 0 Å². The molecule has 3 aromatic carbocycles. The van der Waals surface area contributed by atoms with Crippen LogP contribution in [0.4, 0.5) is 8.78 Å². The molecule has 5 nitrogen and oxygen atoms in total. The molecular formula is C24H16F2O5. The molecule has 0 aromatic heterocycles. The highest BCUT2D eigenvalue weighted by molar-refractivity contribution is 6.00. The fraction of sp³-hybridized carbons (Fsp3) is 0.125. The Bertz CT molecular complexity index is 1170. The summed E-state index contributed by atoms with van der Waals surface area (Å²) >= 11 is 0. The number of benzene rings is 3. The quantitative estimate of drug-likeness (QED) is 0.449. The summed E-state index contributed by atoms with van der Waals surface area (Å²) in [5.74, 6) is -3.85. The van der Waals surface area contributed by atoms with Gasteiger partial charge in [-0.3, -0.25) is 4.79 Å². The van der Waals surface area contributed by atoms with Gasteiger partial charge in [0.15, 0.2) is 6.61 Å². The first kappa shape index (κ1) is 20.4. The first-order valence-electron chi connectivity index (χ1n) is 9.46. The summed E-state index contributed by atoms with van der Waals surface area (Å²) in [6.45, 7) is -0.745. The molecule has 1 aliphatic heterocycles. The van der Waals surface area contributed by atoms with Gasteiger partial charge < -0.3 is 9.47 Å². The zero-order chi connectivity index (χ0) is 22.0. The number of rotatable bonds is 5. The van der Waals surface area contributed by atoms with Crippen molar-refractivity contribution in [2.75, 3.05) is 6.61 Å². The predicted molar refractivity (Wildman–Crippen MR) is 106 cm³/mol. The second-order valence-corrected chi connectivity index (χ2v) is 7.00. The molecule has 1 unspecified atom stereocenters. The molecule has 7 heteroatoms. The molecule has 0 amide bonds. The second kappa shape index (κ2) is 8.47. The largest absolute Gasteiger partial charge is 0.454 e. The number of cyclic esters (lactones) is 1. The maximum absolute atomic E-state index is 13.7. The van der Waals surface area contributed by atoms with Gasteiger partial charge in [0.25, 0.3) is 0 Å². The van der Waals surface area contributed by atoms with Crippen molar-refractivity contribution in [1.29, 1.82) is 0 Å². The van der Waals surface area contributed by atoms with Crippen LogP contribution in [-0.4, -0.2) is 24.3 Å². The zero-order valence-corrected chi connectivity index (χ0v) is 16.1. The third-order valence-corrected chi connectivity index (χ3v) is 4.95. The molecule has 1 atom stereocenters. The summed E-state index contributed by atoms with van der Waals surface area (Å²) in [4.78, 5) is 36.8. The maximum Gasteiger partial charge on any atom is 0.339 e. The van der Waals surface area contributed by atoms with Crippen LogP contribution in [0.25, 0.3) is 0 Å². The van der Waals surface area contributed by atoms with Crippen LogP contribution in [0.3, 0.4) is 0 Å². The molecule has 156 valence electrons. The lowest BCUT2D eigenvalue weighted by atomic mass is 9.93. The zero-order valence-electron chi connectivity index (χ0n) is 16.1. The Kier molecular flexibility index (Phi) is 5.58. The van der Waals surface area contributed by atoms with Crippen molar-refractivity contribution in [3.05, 3.63) is 106 Å². The molecule has 0 N–H and O–H groups in total. The van der Waals surface area contributed by atoms with E-state index in [1.54, 1.807) is 0 Å². The van der Waals surface area contributed by atoms with E-state index in [0.29, 0.717) is 17.5 Å². The lowest BCUT2D eigenvalue weighted by molar-refractivity contribution is 0.0251. The number of halogens is 2. The highest BCUT2D eigenvalue weighted by Gasteiger charge is 2.28. The topological polar surface area (TPSA) is 69.7 Å². The molecule has 0 spiro atoms. The van der Waals surface area contributed by atoms with Crippen LogP contribution in [0.1, 0.15) is 48.3 Å². The van der Waals surface area contributed by atoms with E-state index < -0.39 is 47.6 Å². The molecule has 1 heterocycles. The third-order valence-electron chi connectivity index (χ3n) is 4.95. The van der Waals surface area contributed by atoms with E-state index in [1.165, 1.54) is 18.2 Å². The number of esters is 2. The molecule has 4 rings (SSSR count). The normalized spacial score (nSPS) is 15.0. The Balaban J connectivity index is 1.48. The van der Waals surface area contributed by atoms with Gasteiger partial charge in [0, 0.05) is 6.42 Å². The van der Waals surface area contributed by atoms with Crippen molar-refractivity contribution in [2.45, 2.75) is 12.5 Å². The van der Waals surface area contributed by atoms with Crippen molar-refractivity contribution in [3.8, 4) is 0 Å². The van der Waals surface area contributed by atoms with Crippen molar-refractivity contribution in [3.63, 3.8) is 0 Å². The molecule has 0 fully saturated rings. The molecule has 0 bridgehead atoms. The highest BCUT2D eigenvalue weighted by atomic mass is 19.1. The minimum Gasteiger partial charge on any atom is -0.454 e. The Labute approximate surface area is 176 Å². The van der Waals surface area contributed by atoms with Crippen LogP contribution >= 0.6 is 0 Å². The monoisotopic (exact) mass is 422 g/mol. The van der Waals surface area contributed by atoms with Gasteiger partial charge in [-0.2, -0.15) is 0 Å². The number of fused-ring (bicyclic) bond motifs is 1. The van der Waals surface area contributed by atoms with Gasteiger partial charge >= 0.3 is 11.9 Å². The number of carbonyl (C=O) groups is 3. The summed E-state index contributed by atoms with van der Waals surface area (Å²) in [7, 11) is 0. The highest BCUT2D eigenvalue weighted by Crippen LogP contribution is 2.31. The van der Waals surface area contributed by atoms with Gasteiger partial charge in [-0.15, -0.1) is 0 Å². The number of ketones is 1. The number of ether oxygens (including phenoxy) is 2. The standard InChI is InChI=1S/C24H16F2O5/c25-17-7-9-20(26)19(12-17)21(27)13-30-23(28)15-6-8-18-16(10-15)11-22(31-24(18)29)14-4-2-1-3-5-14/h1-10,12,22H,11,13H2. The first-order valence-corrected chi connectivity index (χ1v) is 9.46. The maximum atomic E-state index is 13.7. The minimum atomic E-state index is -0.901. The van der Waals surface area contributed by atoms with Crippen LogP contribution in [-0.2, 0) is 15.9 Å². The van der Waals surface area contributed by atoms with E-state index in [4.69, 9.17) is 9.47 Å². The Hall–Kier alpha value is -3.87. The summed E-state index contributed by atoms with van der Waals surface area (Å²) in [5.41, 5.74) is 1.43. The fourth-order valence-electron chi connectivity index (χ4n) is 3.38. The van der Waals surface area contributed by atoms with Crippen LogP contribution in [0.2, 0.25) is 0 Å².